The molecule has 0 radical (unpaired) electrons. The smallest absolute Gasteiger partial charge is 0.193 e. The van der Waals surface area contributed by atoms with E-state index in [-0.39, 0.29) is 0 Å². The Morgan fingerprint density at radius 3 is 2.67 bits per heavy atom. The van der Waals surface area contributed by atoms with Gasteiger partial charge in [0.25, 0.3) is 0 Å². The zero-order valence-corrected chi connectivity index (χ0v) is 6.63. The molecule has 0 aromatic heterocycles. The van der Waals surface area contributed by atoms with Crippen LogP contribution in [0.1, 0.15) is 16.7 Å². The number of carbonyl (C=O) groups is 1. The zero-order chi connectivity index (χ0) is 8.39. The van der Waals surface area contributed by atoms with Crippen LogP contribution in [0, 0.1) is 11.8 Å². The number of hydrogen-bond acceptors (Lipinski definition) is 1. The van der Waals surface area contributed by atoms with E-state index in [0.717, 1.165) is 12.0 Å². The number of aldehydes is 1. The monoisotopic (exact) mass is 156 g/mol. The van der Waals surface area contributed by atoms with Crippen molar-refractivity contribution in [2.24, 2.45) is 0 Å². The Morgan fingerprint density at radius 1 is 1.25 bits per heavy atom. The number of hydrogen-bond donors (Lipinski definition) is 0. The molecule has 0 saturated heterocycles. The first-order valence-corrected chi connectivity index (χ1v) is 3.97. The van der Waals surface area contributed by atoms with E-state index >= 15 is 0 Å². The SMILES string of the molecule is O=CC#Cc1ccc2c(c1)CC2. The predicted molar refractivity (Wildman–Crippen MR) is 46.8 cm³/mol. The van der Waals surface area contributed by atoms with Gasteiger partial charge in [-0.2, -0.15) is 0 Å². The fraction of sp³-hybridized carbons (Fsp3) is 0.182. The number of benzene rings is 1. The molecule has 0 unspecified atom stereocenters. The van der Waals surface area contributed by atoms with Crippen LogP contribution in [0.5, 0.6) is 0 Å². The van der Waals surface area contributed by atoms with Crippen molar-refractivity contribution in [3.8, 4) is 11.8 Å². The summed E-state index contributed by atoms with van der Waals surface area (Å²) in [6.45, 7) is 0. The standard InChI is InChI=1S/C11H8O/c12-7-1-2-9-3-4-10-5-6-11(10)8-9/h3-4,7-8H,5-6H2. The van der Waals surface area contributed by atoms with Gasteiger partial charge in [-0.05, 0) is 42.0 Å². The van der Waals surface area contributed by atoms with Gasteiger partial charge in [-0.25, -0.2) is 0 Å². The molecule has 2 rings (SSSR count). The van der Waals surface area contributed by atoms with Gasteiger partial charge in [-0.15, -0.1) is 0 Å². The molecule has 0 heterocycles. The average molecular weight is 156 g/mol. The van der Waals surface area contributed by atoms with Crippen LogP contribution in [-0.4, -0.2) is 6.29 Å². The summed E-state index contributed by atoms with van der Waals surface area (Å²) in [6, 6.07) is 6.12. The van der Waals surface area contributed by atoms with Crippen LogP contribution in [0.25, 0.3) is 0 Å². The molecule has 12 heavy (non-hydrogen) atoms. The lowest BCUT2D eigenvalue weighted by atomic mass is 9.87. The molecular weight excluding hydrogens is 148 g/mol. The van der Waals surface area contributed by atoms with Crippen molar-refractivity contribution in [3.05, 3.63) is 34.9 Å². The van der Waals surface area contributed by atoms with E-state index in [0.29, 0.717) is 6.29 Å². The van der Waals surface area contributed by atoms with Crippen LogP contribution < -0.4 is 0 Å². The summed E-state index contributed by atoms with van der Waals surface area (Å²) in [4.78, 5) is 9.97. The largest absolute Gasteiger partial charge is 0.289 e. The maximum absolute atomic E-state index is 9.97. The van der Waals surface area contributed by atoms with Gasteiger partial charge in [0.15, 0.2) is 6.29 Å². The summed E-state index contributed by atoms with van der Waals surface area (Å²) in [5, 5.41) is 0. The van der Waals surface area contributed by atoms with Gasteiger partial charge in [-0.1, -0.05) is 12.0 Å². The van der Waals surface area contributed by atoms with Crippen LogP contribution in [-0.2, 0) is 17.6 Å². The van der Waals surface area contributed by atoms with Crippen molar-refractivity contribution in [1.82, 2.24) is 0 Å². The van der Waals surface area contributed by atoms with Crippen LogP contribution in [0.3, 0.4) is 0 Å². The van der Waals surface area contributed by atoms with Crippen molar-refractivity contribution >= 4 is 6.29 Å². The molecular formula is C11H8O. The number of fused-ring (bicyclic) bond motifs is 1. The molecule has 1 aromatic rings. The van der Waals surface area contributed by atoms with E-state index in [1.165, 1.54) is 17.5 Å². The molecule has 0 spiro atoms. The Morgan fingerprint density at radius 2 is 2.08 bits per heavy atom. The van der Waals surface area contributed by atoms with Crippen LogP contribution in [0.15, 0.2) is 18.2 Å². The second kappa shape index (κ2) is 2.83. The van der Waals surface area contributed by atoms with Crippen LogP contribution in [0.4, 0.5) is 0 Å². The van der Waals surface area contributed by atoms with E-state index in [9.17, 15) is 4.79 Å². The quantitative estimate of drug-likeness (QED) is 0.409. The van der Waals surface area contributed by atoms with Gasteiger partial charge in [0.05, 0.1) is 0 Å². The molecule has 0 bridgehead atoms. The first-order chi connectivity index (χ1) is 5.90. The van der Waals surface area contributed by atoms with Gasteiger partial charge < -0.3 is 0 Å². The number of rotatable bonds is 0. The summed E-state index contributed by atoms with van der Waals surface area (Å²) in [7, 11) is 0. The van der Waals surface area contributed by atoms with Crippen LogP contribution in [0.2, 0.25) is 0 Å². The molecule has 0 atom stereocenters. The Balaban J connectivity index is 2.35. The van der Waals surface area contributed by atoms with Gasteiger partial charge in [0.1, 0.15) is 0 Å². The Labute approximate surface area is 71.4 Å². The van der Waals surface area contributed by atoms with Crippen molar-refractivity contribution in [2.75, 3.05) is 0 Å². The molecule has 0 amide bonds. The van der Waals surface area contributed by atoms with E-state index in [1.54, 1.807) is 0 Å². The van der Waals surface area contributed by atoms with E-state index in [4.69, 9.17) is 0 Å². The second-order valence-corrected chi connectivity index (χ2v) is 2.87. The zero-order valence-electron chi connectivity index (χ0n) is 6.63. The molecule has 1 aromatic carbocycles. The van der Waals surface area contributed by atoms with Crippen molar-refractivity contribution in [1.29, 1.82) is 0 Å². The van der Waals surface area contributed by atoms with Crippen LogP contribution >= 0.6 is 0 Å². The minimum Gasteiger partial charge on any atom is -0.289 e. The highest BCUT2D eigenvalue weighted by Crippen LogP contribution is 2.23. The molecule has 0 N–H and O–H groups in total. The number of carbonyl (C=O) groups excluding carboxylic acids is 1. The molecule has 0 aliphatic heterocycles. The first-order valence-electron chi connectivity index (χ1n) is 3.97. The molecule has 0 fully saturated rings. The normalized spacial score (nSPS) is 12.0. The molecule has 0 saturated carbocycles. The van der Waals surface area contributed by atoms with Gasteiger partial charge in [0, 0.05) is 5.56 Å². The third kappa shape index (κ3) is 1.12. The third-order valence-electron chi connectivity index (χ3n) is 2.15. The Hall–Kier alpha value is -1.55. The molecule has 1 nitrogen and oxygen atoms in total. The first kappa shape index (κ1) is 7.12. The Bertz CT molecular complexity index is 380. The van der Waals surface area contributed by atoms with Crippen molar-refractivity contribution in [3.63, 3.8) is 0 Å². The molecule has 1 aliphatic carbocycles. The summed E-state index contributed by atoms with van der Waals surface area (Å²) in [6.07, 6.45) is 2.97. The lowest BCUT2D eigenvalue weighted by Gasteiger charge is -2.17. The van der Waals surface area contributed by atoms with Gasteiger partial charge in [-0.3, -0.25) is 4.79 Å². The molecule has 1 aliphatic rings. The van der Waals surface area contributed by atoms with Gasteiger partial charge >= 0.3 is 0 Å². The molecule has 58 valence electrons. The predicted octanol–water partition coefficient (Wildman–Crippen LogP) is 1.34. The Kier molecular flexibility index (Phi) is 1.68. The highest BCUT2D eigenvalue weighted by atomic mass is 16.1. The fourth-order valence-electron chi connectivity index (χ4n) is 1.39. The topological polar surface area (TPSA) is 17.1 Å². The summed E-state index contributed by atoms with van der Waals surface area (Å²) >= 11 is 0. The van der Waals surface area contributed by atoms with E-state index in [1.807, 2.05) is 6.07 Å². The third-order valence-corrected chi connectivity index (χ3v) is 2.15. The lowest BCUT2D eigenvalue weighted by Crippen LogP contribution is -2.07. The summed E-state index contributed by atoms with van der Waals surface area (Å²) < 4.78 is 0. The van der Waals surface area contributed by atoms with Crippen molar-refractivity contribution in [2.45, 2.75) is 12.8 Å². The van der Waals surface area contributed by atoms with E-state index < -0.39 is 0 Å². The average Bonchev–Trinajstić information content (AvgIpc) is 2.05. The highest BCUT2D eigenvalue weighted by Gasteiger charge is 2.11. The fourth-order valence-corrected chi connectivity index (χ4v) is 1.39. The van der Waals surface area contributed by atoms with E-state index in [2.05, 4.69) is 24.0 Å². The minimum absolute atomic E-state index is 0.624. The molecule has 1 heteroatoms. The summed E-state index contributed by atoms with van der Waals surface area (Å²) in [5.41, 5.74) is 3.75. The number of aryl methyl sites for hydroxylation is 2. The maximum atomic E-state index is 9.97. The lowest BCUT2D eigenvalue weighted by molar-refractivity contribution is -0.103. The second-order valence-electron chi connectivity index (χ2n) is 2.87. The summed E-state index contributed by atoms with van der Waals surface area (Å²) in [5.74, 6) is 5.18. The minimum atomic E-state index is 0.624. The van der Waals surface area contributed by atoms with Gasteiger partial charge in [0.2, 0.25) is 0 Å². The highest BCUT2D eigenvalue weighted by molar-refractivity contribution is 5.74. The maximum Gasteiger partial charge on any atom is 0.193 e. The van der Waals surface area contributed by atoms with Crippen molar-refractivity contribution < 1.29 is 4.79 Å².